The molecular formula is C11H15N. The third kappa shape index (κ3) is 1.20. The Labute approximate surface area is 73.7 Å². The van der Waals surface area contributed by atoms with Gasteiger partial charge in [0.25, 0.3) is 0 Å². The molecule has 0 saturated heterocycles. The van der Waals surface area contributed by atoms with Gasteiger partial charge in [0, 0.05) is 18.4 Å². The van der Waals surface area contributed by atoms with E-state index in [0.717, 1.165) is 6.54 Å². The first-order chi connectivity index (χ1) is 5.92. The summed E-state index contributed by atoms with van der Waals surface area (Å²) in [5, 5.41) is 0. The fourth-order valence-corrected chi connectivity index (χ4v) is 2.00. The molecule has 0 N–H and O–H groups in total. The van der Waals surface area contributed by atoms with Crippen LogP contribution in [0.2, 0.25) is 0 Å². The molecule has 0 atom stereocenters. The summed E-state index contributed by atoms with van der Waals surface area (Å²) in [6, 6.07) is 2.26. The van der Waals surface area contributed by atoms with Gasteiger partial charge < -0.3 is 4.57 Å². The van der Waals surface area contributed by atoms with E-state index in [-0.39, 0.29) is 0 Å². The molecule has 1 aromatic rings. The fourth-order valence-electron chi connectivity index (χ4n) is 2.00. The van der Waals surface area contributed by atoms with Crippen molar-refractivity contribution >= 4 is 0 Å². The Morgan fingerprint density at radius 1 is 1.42 bits per heavy atom. The summed E-state index contributed by atoms with van der Waals surface area (Å²) in [5.41, 5.74) is 3.10. The molecule has 1 nitrogen and oxygen atoms in total. The molecule has 64 valence electrons. The number of aromatic nitrogens is 1. The number of rotatable bonds is 2. The van der Waals surface area contributed by atoms with E-state index in [1.54, 1.807) is 11.3 Å². The van der Waals surface area contributed by atoms with Crippen LogP contribution in [0.25, 0.3) is 0 Å². The molecule has 1 aliphatic carbocycles. The van der Waals surface area contributed by atoms with Crippen LogP contribution in [0.5, 0.6) is 0 Å². The molecule has 2 rings (SSSR count). The number of hydrogen-bond donors (Lipinski definition) is 0. The van der Waals surface area contributed by atoms with Crippen LogP contribution in [0.1, 0.15) is 24.1 Å². The first kappa shape index (κ1) is 7.66. The zero-order valence-electron chi connectivity index (χ0n) is 7.42. The molecule has 1 heteroatoms. The van der Waals surface area contributed by atoms with Gasteiger partial charge >= 0.3 is 0 Å². The van der Waals surface area contributed by atoms with Crippen molar-refractivity contribution in [2.75, 3.05) is 0 Å². The predicted molar refractivity (Wildman–Crippen MR) is 51.3 cm³/mol. The summed E-state index contributed by atoms with van der Waals surface area (Å²) in [6.45, 7) is 4.73. The topological polar surface area (TPSA) is 4.93 Å². The van der Waals surface area contributed by atoms with E-state index >= 15 is 0 Å². The molecule has 0 aliphatic heterocycles. The zero-order valence-corrected chi connectivity index (χ0v) is 7.42. The van der Waals surface area contributed by atoms with Gasteiger partial charge in [-0.3, -0.25) is 0 Å². The summed E-state index contributed by atoms with van der Waals surface area (Å²) < 4.78 is 2.32. The molecule has 0 fully saturated rings. The van der Waals surface area contributed by atoms with Crippen LogP contribution < -0.4 is 0 Å². The largest absolute Gasteiger partial charge is 0.347 e. The van der Waals surface area contributed by atoms with Gasteiger partial charge in [-0.15, -0.1) is 6.58 Å². The molecule has 0 saturated carbocycles. The van der Waals surface area contributed by atoms with Gasteiger partial charge in [-0.25, -0.2) is 0 Å². The van der Waals surface area contributed by atoms with Crippen LogP contribution in [-0.4, -0.2) is 4.57 Å². The minimum Gasteiger partial charge on any atom is -0.347 e. The van der Waals surface area contributed by atoms with E-state index in [2.05, 4.69) is 23.4 Å². The average Bonchev–Trinajstić information content (AvgIpc) is 2.50. The Morgan fingerprint density at radius 3 is 3.08 bits per heavy atom. The highest BCUT2D eigenvalue weighted by atomic mass is 15.0. The van der Waals surface area contributed by atoms with E-state index in [0.29, 0.717) is 0 Å². The quantitative estimate of drug-likeness (QED) is 0.587. The maximum absolute atomic E-state index is 3.76. The second-order valence-electron chi connectivity index (χ2n) is 3.44. The third-order valence-corrected chi connectivity index (χ3v) is 2.61. The second-order valence-corrected chi connectivity index (χ2v) is 3.44. The van der Waals surface area contributed by atoms with Gasteiger partial charge in [0.15, 0.2) is 0 Å². The molecule has 1 aromatic heterocycles. The molecule has 0 amide bonds. The number of fused-ring (bicyclic) bond motifs is 1. The molecule has 1 aliphatic rings. The number of aryl methyl sites for hydroxylation is 1. The number of hydrogen-bond acceptors (Lipinski definition) is 0. The Morgan fingerprint density at radius 2 is 2.25 bits per heavy atom. The van der Waals surface area contributed by atoms with Crippen molar-refractivity contribution in [2.45, 2.75) is 32.2 Å². The van der Waals surface area contributed by atoms with Crippen LogP contribution in [0.3, 0.4) is 0 Å². The van der Waals surface area contributed by atoms with Gasteiger partial charge in [0.2, 0.25) is 0 Å². The predicted octanol–water partition coefficient (Wildman–Crippen LogP) is 2.55. The highest BCUT2D eigenvalue weighted by Crippen LogP contribution is 2.21. The molecule has 0 spiro atoms. The van der Waals surface area contributed by atoms with E-state index in [9.17, 15) is 0 Å². The van der Waals surface area contributed by atoms with E-state index < -0.39 is 0 Å². The fraction of sp³-hybridized carbons (Fsp3) is 0.455. The number of nitrogens with zero attached hydrogens (tertiary/aromatic N) is 1. The van der Waals surface area contributed by atoms with Crippen LogP contribution in [0.15, 0.2) is 24.9 Å². The molecule has 12 heavy (non-hydrogen) atoms. The third-order valence-electron chi connectivity index (χ3n) is 2.61. The van der Waals surface area contributed by atoms with Gasteiger partial charge in [0.05, 0.1) is 0 Å². The van der Waals surface area contributed by atoms with Crippen molar-refractivity contribution in [3.05, 3.63) is 36.2 Å². The van der Waals surface area contributed by atoms with Gasteiger partial charge in [-0.05, 0) is 37.3 Å². The lowest BCUT2D eigenvalue weighted by atomic mass is 9.98. The van der Waals surface area contributed by atoms with Crippen molar-refractivity contribution in [1.82, 2.24) is 4.57 Å². The maximum atomic E-state index is 3.76. The maximum Gasteiger partial charge on any atom is 0.0400 e. The highest BCUT2D eigenvalue weighted by molar-refractivity contribution is 5.25. The SMILES string of the molecule is C=CCn1ccc2c1CCCC2. The number of allylic oxidation sites excluding steroid dienone is 1. The smallest absolute Gasteiger partial charge is 0.0400 e. The Balaban J connectivity index is 2.31. The summed E-state index contributed by atoms with van der Waals surface area (Å²) in [5.74, 6) is 0. The van der Waals surface area contributed by atoms with E-state index in [1.807, 2.05) is 6.08 Å². The zero-order chi connectivity index (χ0) is 8.39. The average molecular weight is 161 g/mol. The molecule has 0 unspecified atom stereocenters. The minimum atomic E-state index is 0.968. The molecule has 0 bridgehead atoms. The Bertz CT molecular complexity index is 283. The molecular weight excluding hydrogens is 146 g/mol. The van der Waals surface area contributed by atoms with E-state index in [1.165, 1.54) is 25.7 Å². The van der Waals surface area contributed by atoms with Crippen molar-refractivity contribution in [2.24, 2.45) is 0 Å². The highest BCUT2D eigenvalue weighted by Gasteiger charge is 2.11. The van der Waals surface area contributed by atoms with Crippen LogP contribution in [0.4, 0.5) is 0 Å². The van der Waals surface area contributed by atoms with Crippen LogP contribution in [-0.2, 0) is 19.4 Å². The normalized spacial score (nSPS) is 15.7. The Kier molecular flexibility index (Phi) is 2.03. The summed E-state index contributed by atoms with van der Waals surface area (Å²) >= 11 is 0. The van der Waals surface area contributed by atoms with Crippen LogP contribution >= 0.6 is 0 Å². The lowest BCUT2D eigenvalue weighted by Crippen LogP contribution is -2.06. The van der Waals surface area contributed by atoms with Gasteiger partial charge in [-0.1, -0.05) is 6.08 Å². The summed E-state index contributed by atoms with van der Waals surface area (Å²) in [7, 11) is 0. The van der Waals surface area contributed by atoms with Crippen molar-refractivity contribution in [1.29, 1.82) is 0 Å². The summed E-state index contributed by atoms with van der Waals surface area (Å²) in [4.78, 5) is 0. The summed E-state index contributed by atoms with van der Waals surface area (Å²) in [6.07, 6.45) is 9.42. The second kappa shape index (κ2) is 3.18. The van der Waals surface area contributed by atoms with Crippen molar-refractivity contribution < 1.29 is 0 Å². The lowest BCUT2D eigenvalue weighted by Gasteiger charge is -2.14. The first-order valence-corrected chi connectivity index (χ1v) is 4.69. The van der Waals surface area contributed by atoms with Crippen LogP contribution in [0, 0.1) is 0 Å². The van der Waals surface area contributed by atoms with Crippen molar-refractivity contribution in [3.63, 3.8) is 0 Å². The molecule has 1 heterocycles. The van der Waals surface area contributed by atoms with Gasteiger partial charge in [-0.2, -0.15) is 0 Å². The van der Waals surface area contributed by atoms with Crippen molar-refractivity contribution in [3.8, 4) is 0 Å². The molecule has 0 aromatic carbocycles. The molecule has 0 radical (unpaired) electrons. The standard InChI is InChI=1S/C11H15N/c1-2-8-12-9-7-10-5-3-4-6-11(10)12/h2,7,9H,1,3-6,8H2. The Hall–Kier alpha value is -0.980. The van der Waals surface area contributed by atoms with Gasteiger partial charge in [0.1, 0.15) is 0 Å². The van der Waals surface area contributed by atoms with E-state index in [4.69, 9.17) is 0 Å². The lowest BCUT2D eigenvalue weighted by molar-refractivity contribution is 0.635. The minimum absolute atomic E-state index is 0.968. The first-order valence-electron chi connectivity index (χ1n) is 4.69. The monoisotopic (exact) mass is 161 g/mol.